The molecule has 2 unspecified atom stereocenters. The molecule has 1 aliphatic heterocycles. The molecule has 0 amide bonds. The van der Waals surface area contributed by atoms with Gasteiger partial charge in [-0.3, -0.25) is 4.79 Å². The van der Waals surface area contributed by atoms with Crippen LogP contribution in [0.5, 0.6) is 0 Å². The lowest BCUT2D eigenvalue weighted by Crippen LogP contribution is -2.35. The Morgan fingerprint density at radius 3 is 2.67 bits per heavy atom. The zero-order valence-corrected chi connectivity index (χ0v) is 9.07. The Kier molecular flexibility index (Phi) is 3.31. The third-order valence-corrected chi connectivity index (χ3v) is 4.54. The second-order valence-electron chi connectivity index (χ2n) is 3.50. The Labute approximate surface area is 88.2 Å². The summed E-state index contributed by atoms with van der Waals surface area (Å²) in [4.78, 5) is 10.6. The third kappa shape index (κ3) is 2.27. The molecule has 15 heavy (non-hydrogen) atoms. The first-order valence-electron chi connectivity index (χ1n) is 4.51. The predicted octanol–water partition coefficient (Wildman–Crippen LogP) is -0.365. The summed E-state index contributed by atoms with van der Waals surface area (Å²) in [6.45, 7) is 1.46. The van der Waals surface area contributed by atoms with Crippen molar-refractivity contribution in [1.29, 1.82) is 5.26 Å². The van der Waals surface area contributed by atoms with Crippen LogP contribution >= 0.6 is 0 Å². The van der Waals surface area contributed by atoms with E-state index < -0.39 is 27.2 Å². The number of carboxylic acids is 1. The molecule has 0 bridgehead atoms. The quantitative estimate of drug-likeness (QED) is 0.716. The van der Waals surface area contributed by atoms with Crippen molar-refractivity contribution < 1.29 is 18.3 Å². The maximum absolute atomic E-state index is 11.6. The average Bonchev–Trinajstić information content (AvgIpc) is 2.65. The van der Waals surface area contributed by atoms with E-state index in [2.05, 4.69) is 0 Å². The fourth-order valence-electron chi connectivity index (χ4n) is 1.45. The summed E-state index contributed by atoms with van der Waals surface area (Å²) >= 11 is 0. The van der Waals surface area contributed by atoms with Gasteiger partial charge in [-0.05, 0) is 13.3 Å². The van der Waals surface area contributed by atoms with Crippen LogP contribution in [0.25, 0.3) is 0 Å². The molecule has 84 valence electrons. The van der Waals surface area contributed by atoms with Crippen molar-refractivity contribution in [3.63, 3.8) is 0 Å². The Hall–Kier alpha value is -1.13. The molecule has 7 heteroatoms. The number of hydrogen-bond acceptors (Lipinski definition) is 4. The molecule has 0 aromatic carbocycles. The van der Waals surface area contributed by atoms with Crippen LogP contribution in [0.1, 0.15) is 13.3 Å². The van der Waals surface area contributed by atoms with Crippen molar-refractivity contribution in [2.45, 2.75) is 18.6 Å². The molecule has 1 aliphatic rings. The van der Waals surface area contributed by atoms with E-state index in [-0.39, 0.29) is 13.1 Å². The molecule has 1 heterocycles. The van der Waals surface area contributed by atoms with Crippen LogP contribution in [0.3, 0.4) is 0 Å². The maximum atomic E-state index is 11.6. The Morgan fingerprint density at radius 2 is 2.27 bits per heavy atom. The van der Waals surface area contributed by atoms with Gasteiger partial charge in [0, 0.05) is 13.1 Å². The summed E-state index contributed by atoms with van der Waals surface area (Å²) in [5.41, 5.74) is 0. The van der Waals surface area contributed by atoms with Crippen LogP contribution in [0.15, 0.2) is 0 Å². The Morgan fingerprint density at radius 1 is 1.67 bits per heavy atom. The number of hydrogen-bond donors (Lipinski definition) is 1. The highest BCUT2D eigenvalue weighted by Crippen LogP contribution is 2.21. The van der Waals surface area contributed by atoms with Gasteiger partial charge in [-0.1, -0.05) is 0 Å². The molecular formula is C8H12N2O4S. The van der Waals surface area contributed by atoms with Gasteiger partial charge in [-0.15, -0.1) is 0 Å². The SMILES string of the molecule is CC(C#N)S(=O)(=O)N1CCC(C(=O)O)C1. The summed E-state index contributed by atoms with van der Waals surface area (Å²) in [6.07, 6.45) is 0.312. The summed E-state index contributed by atoms with van der Waals surface area (Å²) in [5, 5.41) is 16.1. The molecule has 0 saturated carbocycles. The number of sulfonamides is 1. The van der Waals surface area contributed by atoms with E-state index in [1.165, 1.54) is 6.92 Å². The van der Waals surface area contributed by atoms with E-state index in [0.29, 0.717) is 6.42 Å². The van der Waals surface area contributed by atoms with Crippen molar-refractivity contribution in [1.82, 2.24) is 4.31 Å². The zero-order valence-electron chi connectivity index (χ0n) is 8.25. The molecule has 1 fully saturated rings. The average molecular weight is 232 g/mol. The van der Waals surface area contributed by atoms with Crippen LogP contribution in [-0.4, -0.2) is 42.1 Å². The van der Waals surface area contributed by atoms with E-state index in [4.69, 9.17) is 10.4 Å². The summed E-state index contributed by atoms with van der Waals surface area (Å²) in [6, 6.07) is 1.65. The smallest absolute Gasteiger partial charge is 0.307 e. The number of aliphatic carboxylic acids is 1. The minimum absolute atomic E-state index is 0.0241. The number of rotatable bonds is 3. The van der Waals surface area contributed by atoms with Crippen molar-refractivity contribution in [3.05, 3.63) is 0 Å². The maximum Gasteiger partial charge on any atom is 0.307 e. The van der Waals surface area contributed by atoms with E-state index in [9.17, 15) is 13.2 Å². The van der Waals surface area contributed by atoms with E-state index >= 15 is 0 Å². The summed E-state index contributed by atoms with van der Waals surface area (Å²) in [7, 11) is -3.65. The highest BCUT2D eigenvalue weighted by Gasteiger charge is 2.37. The molecule has 0 aromatic rings. The number of carbonyl (C=O) groups is 1. The van der Waals surface area contributed by atoms with Crippen LogP contribution in [0.2, 0.25) is 0 Å². The van der Waals surface area contributed by atoms with Crippen LogP contribution in [0.4, 0.5) is 0 Å². The number of nitrogens with zero attached hydrogens (tertiary/aromatic N) is 2. The lowest BCUT2D eigenvalue weighted by Gasteiger charge is -2.16. The highest BCUT2D eigenvalue weighted by atomic mass is 32.2. The minimum Gasteiger partial charge on any atom is -0.481 e. The standard InChI is InChI=1S/C8H12N2O4S/c1-6(4-9)15(13,14)10-3-2-7(5-10)8(11)12/h6-7H,2-3,5H2,1H3,(H,11,12). The molecule has 2 atom stereocenters. The lowest BCUT2D eigenvalue weighted by molar-refractivity contribution is -0.141. The van der Waals surface area contributed by atoms with Crippen LogP contribution < -0.4 is 0 Å². The second-order valence-corrected chi connectivity index (χ2v) is 5.75. The van der Waals surface area contributed by atoms with E-state index in [1.807, 2.05) is 0 Å². The first kappa shape index (κ1) is 11.9. The topological polar surface area (TPSA) is 98.5 Å². The molecular weight excluding hydrogens is 220 g/mol. The normalized spacial score (nSPS) is 24.7. The molecule has 1 N–H and O–H groups in total. The second kappa shape index (κ2) is 4.16. The monoisotopic (exact) mass is 232 g/mol. The first-order chi connectivity index (χ1) is 6.89. The summed E-state index contributed by atoms with van der Waals surface area (Å²) < 4.78 is 24.4. The zero-order chi connectivity index (χ0) is 11.6. The number of nitriles is 1. The summed E-state index contributed by atoms with van der Waals surface area (Å²) in [5.74, 6) is -1.64. The molecule has 0 aromatic heterocycles. The van der Waals surface area contributed by atoms with Crippen molar-refractivity contribution in [2.75, 3.05) is 13.1 Å². The largest absolute Gasteiger partial charge is 0.481 e. The molecule has 0 radical (unpaired) electrons. The lowest BCUT2D eigenvalue weighted by atomic mass is 10.1. The first-order valence-corrected chi connectivity index (χ1v) is 6.01. The van der Waals surface area contributed by atoms with Gasteiger partial charge in [-0.2, -0.15) is 9.57 Å². The van der Waals surface area contributed by atoms with Gasteiger partial charge in [0.15, 0.2) is 5.25 Å². The molecule has 0 spiro atoms. The molecule has 1 saturated heterocycles. The Balaban J connectivity index is 2.78. The van der Waals surface area contributed by atoms with Gasteiger partial charge < -0.3 is 5.11 Å². The van der Waals surface area contributed by atoms with E-state index in [0.717, 1.165) is 4.31 Å². The molecule has 6 nitrogen and oxygen atoms in total. The van der Waals surface area contributed by atoms with Crippen molar-refractivity contribution >= 4 is 16.0 Å². The van der Waals surface area contributed by atoms with Gasteiger partial charge in [0.25, 0.3) is 0 Å². The fourth-order valence-corrected chi connectivity index (χ4v) is 2.78. The van der Waals surface area contributed by atoms with Crippen LogP contribution in [0, 0.1) is 17.2 Å². The van der Waals surface area contributed by atoms with Crippen molar-refractivity contribution in [3.8, 4) is 6.07 Å². The molecule has 0 aliphatic carbocycles. The van der Waals surface area contributed by atoms with Gasteiger partial charge in [0.2, 0.25) is 10.0 Å². The van der Waals surface area contributed by atoms with E-state index in [1.54, 1.807) is 6.07 Å². The van der Waals surface area contributed by atoms with Crippen LogP contribution in [-0.2, 0) is 14.8 Å². The molecule has 1 rings (SSSR count). The van der Waals surface area contributed by atoms with Gasteiger partial charge >= 0.3 is 5.97 Å². The highest BCUT2D eigenvalue weighted by molar-refractivity contribution is 7.89. The van der Waals surface area contributed by atoms with Gasteiger partial charge in [0.05, 0.1) is 12.0 Å². The third-order valence-electron chi connectivity index (χ3n) is 2.49. The van der Waals surface area contributed by atoms with Crippen molar-refractivity contribution in [2.24, 2.45) is 5.92 Å². The van der Waals surface area contributed by atoms with Gasteiger partial charge in [0.1, 0.15) is 0 Å². The minimum atomic E-state index is -3.65. The predicted molar refractivity (Wildman–Crippen MR) is 51.3 cm³/mol. The Bertz CT molecular complexity index is 397. The van der Waals surface area contributed by atoms with Gasteiger partial charge in [-0.25, -0.2) is 8.42 Å². The fraction of sp³-hybridized carbons (Fsp3) is 0.750. The number of carboxylic acid groups (broad SMARTS) is 1.